The zero-order valence-electron chi connectivity index (χ0n) is 22.3. The van der Waals surface area contributed by atoms with Crippen LogP contribution in [0.15, 0.2) is 61.2 Å². The Morgan fingerprint density at radius 1 is 0.977 bits per heavy atom. The molecule has 0 aliphatic carbocycles. The molecule has 4 aromatic rings. The number of imidazole rings is 1. The number of anilines is 1. The molecule has 0 spiro atoms. The monoisotopic (exact) mass is 645 g/mol. The lowest BCUT2D eigenvalue weighted by Crippen LogP contribution is -2.54. The fraction of sp³-hybridized carbons (Fsp3) is 0.320. The smallest absolute Gasteiger partial charge is 0.435 e. The highest BCUT2D eigenvalue weighted by molar-refractivity contribution is 8.07. The van der Waals surface area contributed by atoms with Gasteiger partial charge in [-0.15, -0.1) is 0 Å². The maximum absolute atomic E-state index is 15.5. The van der Waals surface area contributed by atoms with E-state index >= 15 is 8.78 Å². The van der Waals surface area contributed by atoms with Crippen molar-refractivity contribution in [3.05, 3.63) is 61.2 Å². The molecule has 0 radical (unpaired) electrons. The second kappa shape index (κ2) is 11.7. The number of hydrogen-bond donors (Lipinski definition) is 2. The zero-order valence-corrected chi connectivity index (χ0v) is 24.1. The first-order valence-electron chi connectivity index (χ1n) is 12.3. The number of aliphatic hydroxyl groups is 1. The molecule has 5 rings (SSSR count). The second-order valence-electron chi connectivity index (χ2n) is 9.14. The molecule has 2 aromatic carbocycles. The molecule has 0 amide bonds. The van der Waals surface area contributed by atoms with Gasteiger partial charge in [-0.1, -0.05) is 0 Å². The summed E-state index contributed by atoms with van der Waals surface area (Å²) in [7, 11) is 2.90. The van der Waals surface area contributed by atoms with Crippen LogP contribution in [0.25, 0.3) is 11.2 Å². The number of aliphatic hydroxyl groups excluding tert-OH is 1. The SMILES string of the molecule is COc1ccc(OP(=S)(OC[C@@]2(C(F)F)O[C@@H](n3cnc4c(N)ncnc43)C(F)(F)[C@@H]2O)Oc2ccc(OC)cc2)cc1. The van der Waals surface area contributed by atoms with Crippen LogP contribution >= 0.6 is 6.72 Å². The second-order valence-corrected chi connectivity index (χ2v) is 12.0. The molecule has 3 atom stereocenters. The molecule has 12 nitrogen and oxygen atoms in total. The van der Waals surface area contributed by atoms with Crippen molar-refractivity contribution in [3.63, 3.8) is 0 Å². The van der Waals surface area contributed by atoms with Crippen molar-refractivity contribution in [2.75, 3.05) is 26.6 Å². The lowest BCUT2D eigenvalue weighted by molar-refractivity contribution is -0.191. The Labute approximate surface area is 246 Å². The Bertz CT molecular complexity index is 1580. The number of nitrogens with zero attached hydrogens (tertiary/aromatic N) is 4. The van der Waals surface area contributed by atoms with Crippen LogP contribution in [0.5, 0.6) is 23.0 Å². The number of nitrogen functional groups attached to an aromatic ring is 1. The van der Waals surface area contributed by atoms with Crippen molar-refractivity contribution in [1.82, 2.24) is 19.5 Å². The van der Waals surface area contributed by atoms with Crippen molar-refractivity contribution in [3.8, 4) is 23.0 Å². The van der Waals surface area contributed by atoms with E-state index in [1.165, 1.54) is 62.8 Å². The molecule has 18 heteroatoms. The Kier molecular flexibility index (Phi) is 8.37. The molecule has 1 aliphatic rings. The number of methoxy groups -OCH3 is 2. The van der Waals surface area contributed by atoms with Gasteiger partial charge in [0, 0.05) is 11.8 Å². The van der Waals surface area contributed by atoms with E-state index in [0.29, 0.717) is 16.1 Å². The summed E-state index contributed by atoms with van der Waals surface area (Å²) in [5.41, 5.74) is 2.13. The number of rotatable bonds is 11. The Morgan fingerprint density at radius 2 is 1.51 bits per heavy atom. The summed E-state index contributed by atoms with van der Waals surface area (Å²) in [5.74, 6) is -3.28. The Balaban J connectivity index is 1.47. The van der Waals surface area contributed by atoms with E-state index in [1.54, 1.807) is 0 Å². The predicted molar refractivity (Wildman–Crippen MR) is 147 cm³/mol. The van der Waals surface area contributed by atoms with Crippen LogP contribution in [-0.4, -0.2) is 69.5 Å². The van der Waals surface area contributed by atoms with Gasteiger partial charge in [0.1, 0.15) is 34.8 Å². The maximum atomic E-state index is 15.5. The summed E-state index contributed by atoms with van der Waals surface area (Å²) in [4.78, 5) is 11.5. The van der Waals surface area contributed by atoms with E-state index in [2.05, 4.69) is 15.0 Å². The third-order valence-corrected chi connectivity index (χ3v) is 8.58. The van der Waals surface area contributed by atoms with Gasteiger partial charge in [-0.25, -0.2) is 23.7 Å². The molecule has 230 valence electrons. The van der Waals surface area contributed by atoms with Gasteiger partial charge in [0.05, 0.1) is 27.2 Å². The molecular weight excluding hydrogens is 621 g/mol. The van der Waals surface area contributed by atoms with Gasteiger partial charge in [-0.3, -0.25) is 9.09 Å². The highest BCUT2D eigenvalue weighted by atomic mass is 32.5. The van der Waals surface area contributed by atoms with Crippen molar-refractivity contribution in [2.24, 2.45) is 0 Å². The summed E-state index contributed by atoms with van der Waals surface area (Å²) in [5, 5.41) is 10.7. The number of alkyl halides is 4. The van der Waals surface area contributed by atoms with Crippen LogP contribution in [0.4, 0.5) is 23.4 Å². The summed E-state index contributed by atoms with van der Waals surface area (Å²) in [6.07, 6.45) is -7.41. The minimum Gasteiger partial charge on any atom is -0.497 e. The molecule has 43 heavy (non-hydrogen) atoms. The number of nitrogens with two attached hydrogens (primary N) is 1. The molecule has 3 N–H and O–H groups in total. The fourth-order valence-corrected chi connectivity index (χ4v) is 6.16. The van der Waals surface area contributed by atoms with Gasteiger partial charge in [-0.2, -0.15) is 8.78 Å². The lowest BCUT2D eigenvalue weighted by atomic mass is 9.96. The first kappa shape index (κ1) is 30.7. The first-order valence-corrected chi connectivity index (χ1v) is 14.8. The van der Waals surface area contributed by atoms with E-state index in [1.807, 2.05) is 0 Å². The predicted octanol–water partition coefficient (Wildman–Crippen LogP) is 4.35. The van der Waals surface area contributed by atoms with Gasteiger partial charge < -0.3 is 34.1 Å². The number of ether oxygens (including phenoxy) is 3. The third kappa shape index (κ3) is 5.78. The van der Waals surface area contributed by atoms with Gasteiger partial charge in [0.25, 0.3) is 6.43 Å². The van der Waals surface area contributed by atoms with Gasteiger partial charge in [0.2, 0.25) is 6.23 Å². The van der Waals surface area contributed by atoms with Gasteiger partial charge >= 0.3 is 12.6 Å². The number of aromatic nitrogens is 4. The Hall–Kier alpha value is -3.76. The largest absolute Gasteiger partial charge is 0.497 e. The number of benzene rings is 2. The van der Waals surface area contributed by atoms with Crippen LogP contribution in [0.3, 0.4) is 0 Å². The average molecular weight is 646 g/mol. The normalized spacial score (nSPS) is 21.7. The van der Waals surface area contributed by atoms with Crippen molar-refractivity contribution in [2.45, 2.75) is 30.3 Å². The molecule has 1 saturated heterocycles. The number of hydrogen-bond acceptors (Lipinski definition) is 12. The summed E-state index contributed by atoms with van der Waals surface area (Å²) >= 11 is 5.51. The standard InChI is InChI=1S/C25H24F4N5O7PS/c1-36-14-3-7-16(8-4-14)40-42(43,41-17-9-5-15(37-2)6-10-17)38-11-24(22(26)27)21(35)25(28,29)23(39-24)34-13-33-18-19(30)31-12-32-20(18)34/h3-10,12-13,21-23,35H,11H2,1-2H3,(H2,30,31,32)/t21-,23-,24-/m1/s1. The van der Waals surface area contributed by atoms with Crippen LogP contribution < -0.4 is 24.3 Å². The molecular formula is C25H24F4N5O7PS. The zero-order chi connectivity index (χ0) is 31.0. The quantitative estimate of drug-likeness (QED) is 0.177. The van der Waals surface area contributed by atoms with Crippen molar-refractivity contribution < 1.29 is 50.5 Å². The van der Waals surface area contributed by atoms with Crippen LogP contribution in [0.1, 0.15) is 6.23 Å². The van der Waals surface area contributed by atoms with E-state index < -0.39 is 43.6 Å². The third-order valence-electron chi connectivity index (χ3n) is 6.50. The molecule has 0 saturated carbocycles. The van der Waals surface area contributed by atoms with Crippen LogP contribution in [-0.2, 0) is 21.1 Å². The maximum Gasteiger partial charge on any atom is 0.435 e. The molecule has 0 bridgehead atoms. The molecule has 2 aromatic heterocycles. The van der Waals surface area contributed by atoms with E-state index in [4.69, 9.17) is 45.3 Å². The van der Waals surface area contributed by atoms with E-state index in [0.717, 1.165) is 12.7 Å². The van der Waals surface area contributed by atoms with Gasteiger partial charge in [0.15, 0.2) is 23.2 Å². The summed E-state index contributed by atoms with van der Waals surface area (Å²) in [6, 6.07) is 11.9. The van der Waals surface area contributed by atoms with Crippen molar-refractivity contribution in [1.29, 1.82) is 0 Å². The Morgan fingerprint density at radius 3 is 2.02 bits per heavy atom. The highest BCUT2D eigenvalue weighted by Crippen LogP contribution is 2.55. The van der Waals surface area contributed by atoms with Crippen molar-refractivity contribution >= 4 is 35.5 Å². The minimum atomic E-state index is -4.29. The topological polar surface area (TPSA) is 145 Å². The lowest BCUT2D eigenvalue weighted by Gasteiger charge is -2.32. The molecule has 3 heterocycles. The molecule has 1 fully saturated rings. The van der Waals surface area contributed by atoms with Crippen LogP contribution in [0.2, 0.25) is 0 Å². The van der Waals surface area contributed by atoms with Gasteiger partial charge in [-0.05, 0) is 48.5 Å². The highest BCUT2D eigenvalue weighted by Gasteiger charge is 2.71. The minimum absolute atomic E-state index is 0.0709. The number of fused-ring (bicyclic) bond motifs is 1. The van der Waals surface area contributed by atoms with Crippen LogP contribution in [0, 0.1) is 0 Å². The van der Waals surface area contributed by atoms with E-state index in [-0.39, 0.29) is 28.5 Å². The fourth-order valence-electron chi connectivity index (χ4n) is 4.22. The molecule has 0 unspecified atom stereocenters. The average Bonchev–Trinajstić information content (AvgIpc) is 3.50. The molecule has 1 aliphatic heterocycles. The first-order chi connectivity index (χ1) is 20.4. The summed E-state index contributed by atoms with van der Waals surface area (Å²) in [6.45, 7) is -5.47. The summed E-state index contributed by atoms with van der Waals surface area (Å²) < 4.78 is 93.7. The van der Waals surface area contributed by atoms with E-state index in [9.17, 15) is 13.9 Å². The number of halogens is 4.